The number of nitrogens with zero attached hydrogens (tertiary/aromatic N) is 3. The summed E-state index contributed by atoms with van der Waals surface area (Å²) in [5.41, 5.74) is 3.15. The summed E-state index contributed by atoms with van der Waals surface area (Å²) in [7, 11) is 0. The molecule has 1 N–H and O–H groups in total. The fourth-order valence-electron chi connectivity index (χ4n) is 2.74. The lowest BCUT2D eigenvalue weighted by molar-refractivity contribution is -0.127. The van der Waals surface area contributed by atoms with Crippen molar-refractivity contribution in [3.63, 3.8) is 0 Å². The van der Waals surface area contributed by atoms with Crippen molar-refractivity contribution >= 4 is 22.6 Å². The summed E-state index contributed by atoms with van der Waals surface area (Å²) in [5.74, 6) is 0.438. The number of aromatic nitrogens is 3. The molecule has 4 rings (SSSR count). The van der Waals surface area contributed by atoms with Crippen LogP contribution in [0, 0.1) is 0 Å². The van der Waals surface area contributed by atoms with E-state index in [-0.39, 0.29) is 5.91 Å². The highest BCUT2D eigenvalue weighted by Gasteiger charge is 2.17. The molecule has 0 fully saturated rings. The highest BCUT2D eigenvalue weighted by atomic mass is 16.7. The van der Waals surface area contributed by atoms with E-state index in [4.69, 9.17) is 9.57 Å². The molecule has 146 valence electrons. The lowest BCUT2D eigenvalue weighted by Crippen LogP contribution is -2.35. The third-order valence-electron chi connectivity index (χ3n) is 4.32. The van der Waals surface area contributed by atoms with Crippen molar-refractivity contribution in [1.29, 1.82) is 0 Å². The number of anilines is 1. The standard InChI is InChI=1S/C22H20N4O3/c1-16(29-26-21-10-6-5-9-20(21)24-25-26)22(27)23-18-11-13-19(14-12-18)28-15-17-7-3-2-4-8-17/h2-14,16H,15H2,1H3,(H,23,27)/t16-/m0/s1. The number of hydrogen-bond acceptors (Lipinski definition) is 5. The maximum absolute atomic E-state index is 12.4. The fourth-order valence-corrected chi connectivity index (χ4v) is 2.74. The van der Waals surface area contributed by atoms with Gasteiger partial charge in [0, 0.05) is 5.69 Å². The first kappa shape index (κ1) is 18.5. The van der Waals surface area contributed by atoms with Crippen LogP contribution in [0.3, 0.4) is 0 Å². The molecule has 4 aromatic rings. The Hall–Kier alpha value is -3.87. The normalized spacial score (nSPS) is 11.8. The van der Waals surface area contributed by atoms with Crippen LogP contribution >= 0.6 is 0 Å². The van der Waals surface area contributed by atoms with Gasteiger partial charge in [-0.05, 0) is 54.1 Å². The number of carbonyl (C=O) groups excluding carboxylic acids is 1. The summed E-state index contributed by atoms with van der Waals surface area (Å²) in [4.78, 5) is 19.3. The highest BCUT2D eigenvalue weighted by molar-refractivity contribution is 5.94. The summed E-state index contributed by atoms with van der Waals surface area (Å²) in [6.45, 7) is 2.15. The number of benzene rings is 3. The van der Waals surface area contributed by atoms with Crippen LogP contribution in [-0.2, 0) is 11.4 Å². The molecule has 0 spiro atoms. The van der Waals surface area contributed by atoms with Gasteiger partial charge in [0.05, 0.1) is 0 Å². The van der Waals surface area contributed by atoms with Crippen LogP contribution in [0.25, 0.3) is 11.0 Å². The molecule has 1 aromatic heterocycles. The van der Waals surface area contributed by atoms with E-state index in [1.54, 1.807) is 19.1 Å². The second kappa shape index (κ2) is 8.43. The average molecular weight is 388 g/mol. The van der Waals surface area contributed by atoms with Crippen molar-refractivity contribution in [2.24, 2.45) is 0 Å². The number of carbonyl (C=O) groups is 1. The number of ether oxygens (including phenoxy) is 1. The van der Waals surface area contributed by atoms with E-state index < -0.39 is 6.10 Å². The smallest absolute Gasteiger partial charge is 0.267 e. The van der Waals surface area contributed by atoms with Crippen molar-refractivity contribution in [3.05, 3.63) is 84.4 Å². The number of hydrogen-bond donors (Lipinski definition) is 1. The second-order valence-corrected chi connectivity index (χ2v) is 6.49. The predicted octanol–water partition coefficient (Wildman–Crippen LogP) is 3.47. The molecule has 0 saturated carbocycles. The van der Waals surface area contributed by atoms with Crippen molar-refractivity contribution in [3.8, 4) is 5.75 Å². The van der Waals surface area contributed by atoms with Crippen LogP contribution < -0.4 is 14.9 Å². The Morgan fingerprint density at radius 2 is 1.72 bits per heavy atom. The Labute approximate surface area is 167 Å². The quantitative estimate of drug-likeness (QED) is 0.525. The molecular weight excluding hydrogens is 368 g/mol. The maximum atomic E-state index is 12.4. The number of nitrogens with one attached hydrogen (secondary N) is 1. The third kappa shape index (κ3) is 4.52. The Balaban J connectivity index is 1.33. The van der Waals surface area contributed by atoms with Gasteiger partial charge in [0.15, 0.2) is 0 Å². The molecule has 0 unspecified atom stereocenters. The molecule has 7 heteroatoms. The molecule has 0 radical (unpaired) electrons. The van der Waals surface area contributed by atoms with Gasteiger partial charge in [0.1, 0.15) is 23.4 Å². The van der Waals surface area contributed by atoms with Crippen molar-refractivity contribution in [1.82, 2.24) is 15.2 Å². The van der Waals surface area contributed by atoms with Crippen LogP contribution in [0.15, 0.2) is 78.9 Å². The van der Waals surface area contributed by atoms with Gasteiger partial charge >= 0.3 is 0 Å². The molecule has 29 heavy (non-hydrogen) atoms. The van der Waals surface area contributed by atoms with Gasteiger partial charge in [-0.3, -0.25) is 4.79 Å². The molecule has 0 aliphatic heterocycles. The first-order valence-electron chi connectivity index (χ1n) is 9.24. The van der Waals surface area contributed by atoms with E-state index in [1.165, 1.54) is 4.85 Å². The zero-order valence-electron chi connectivity index (χ0n) is 15.9. The molecule has 3 aromatic carbocycles. The Morgan fingerprint density at radius 3 is 2.52 bits per heavy atom. The molecule has 0 saturated heterocycles. The second-order valence-electron chi connectivity index (χ2n) is 6.49. The largest absolute Gasteiger partial charge is 0.489 e. The molecule has 1 atom stereocenters. The molecular formula is C22H20N4O3. The molecule has 7 nitrogen and oxygen atoms in total. The van der Waals surface area contributed by atoms with E-state index >= 15 is 0 Å². The summed E-state index contributed by atoms with van der Waals surface area (Å²) in [6, 6.07) is 24.5. The van der Waals surface area contributed by atoms with E-state index in [0.29, 0.717) is 23.3 Å². The molecule has 1 amide bonds. The molecule has 0 aliphatic rings. The van der Waals surface area contributed by atoms with Crippen LogP contribution in [0.2, 0.25) is 0 Å². The number of rotatable bonds is 7. The minimum atomic E-state index is -0.755. The summed E-state index contributed by atoms with van der Waals surface area (Å²) < 4.78 is 5.75. The van der Waals surface area contributed by atoms with E-state index in [9.17, 15) is 4.79 Å². The van der Waals surface area contributed by atoms with Gasteiger partial charge in [0.25, 0.3) is 5.91 Å². The van der Waals surface area contributed by atoms with Crippen molar-refractivity contribution in [2.75, 3.05) is 5.32 Å². The van der Waals surface area contributed by atoms with Crippen LogP contribution in [0.4, 0.5) is 5.69 Å². The Morgan fingerprint density at radius 1 is 1.00 bits per heavy atom. The minimum absolute atomic E-state index is 0.289. The summed E-state index contributed by atoms with van der Waals surface area (Å²) in [6.07, 6.45) is -0.755. The van der Waals surface area contributed by atoms with E-state index in [1.807, 2.05) is 66.7 Å². The number of amides is 1. The van der Waals surface area contributed by atoms with E-state index in [2.05, 4.69) is 15.6 Å². The highest BCUT2D eigenvalue weighted by Crippen LogP contribution is 2.17. The first-order valence-corrected chi connectivity index (χ1v) is 9.24. The van der Waals surface area contributed by atoms with Gasteiger partial charge < -0.3 is 14.9 Å². The van der Waals surface area contributed by atoms with Gasteiger partial charge in [0.2, 0.25) is 6.10 Å². The molecule has 1 heterocycles. The van der Waals surface area contributed by atoms with Gasteiger partial charge in [-0.1, -0.05) is 47.3 Å². The lowest BCUT2D eigenvalue weighted by Gasteiger charge is -2.14. The Bertz CT molecular complexity index is 1090. The van der Waals surface area contributed by atoms with Gasteiger partial charge in [-0.15, -0.1) is 5.10 Å². The monoisotopic (exact) mass is 388 g/mol. The van der Waals surface area contributed by atoms with Crippen LogP contribution in [-0.4, -0.2) is 27.2 Å². The lowest BCUT2D eigenvalue weighted by atomic mass is 10.2. The number of para-hydroxylation sites is 1. The average Bonchev–Trinajstić information content (AvgIpc) is 3.17. The van der Waals surface area contributed by atoms with E-state index in [0.717, 1.165) is 11.3 Å². The molecule has 0 bridgehead atoms. The van der Waals surface area contributed by atoms with Crippen LogP contribution in [0.5, 0.6) is 5.75 Å². The fraction of sp³-hybridized carbons (Fsp3) is 0.136. The number of fused-ring (bicyclic) bond motifs is 1. The first-order chi connectivity index (χ1) is 14.2. The minimum Gasteiger partial charge on any atom is -0.489 e. The zero-order chi connectivity index (χ0) is 20.1. The van der Waals surface area contributed by atoms with Gasteiger partial charge in [-0.2, -0.15) is 0 Å². The SMILES string of the molecule is C[C@H](On1nnc2ccccc21)C(=O)Nc1ccc(OCc2ccccc2)cc1. The van der Waals surface area contributed by atoms with Gasteiger partial charge in [-0.25, -0.2) is 0 Å². The topological polar surface area (TPSA) is 78.3 Å². The predicted molar refractivity (Wildman–Crippen MR) is 109 cm³/mol. The summed E-state index contributed by atoms with van der Waals surface area (Å²) in [5, 5.41) is 10.8. The maximum Gasteiger partial charge on any atom is 0.267 e. The van der Waals surface area contributed by atoms with Crippen molar-refractivity contribution in [2.45, 2.75) is 19.6 Å². The third-order valence-corrected chi connectivity index (χ3v) is 4.32. The molecule has 0 aliphatic carbocycles. The zero-order valence-corrected chi connectivity index (χ0v) is 15.9. The summed E-state index contributed by atoms with van der Waals surface area (Å²) >= 11 is 0. The Kier molecular flexibility index (Phi) is 5.38. The van der Waals surface area contributed by atoms with Crippen molar-refractivity contribution < 1.29 is 14.4 Å². The van der Waals surface area contributed by atoms with Crippen LogP contribution in [0.1, 0.15) is 12.5 Å².